The zero-order chi connectivity index (χ0) is 17.2. The molecule has 2 heterocycles. The van der Waals surface area contributed by atoms with E-state index in [0.717, 1.165) is 47.1 Å². The lowest BCUT2D eigenvalue weighted by Crippen LogP contribution is -2.38. The number of aromatic nitrogens is 1. The summed E-state index contributed by atoms with van der Waals surface area (Å²) in [5, 5.41) is 16.2. The number of aliphatic hydroxyl groups is 1. The number of rotatable bonds is 3. The third-order valence-corrected chi connectivity index (χ3v) is 5.15. The van der Waals surface area contributed by atoms with Gasteiger partial charge in [0.2, 0.25) is 0 Å². The maximum atomic E-state index is 11.1. The monoisotopic (exact) mass is 352 g/mol. The molecule has 4 rings (SSSR count). The van der Waals surface area contributed by atoms with Crippen LogP contribution in [0, 0.1) is 0 Å². The SMILES string of the molecule is O[C@@H](c1cc(-c2cccc(Cl)c2)nc2ccccc12)[C@@H]1CCCCN1. The highest BCUT2D eigenvalue weighted by atomic mass is 35.5. The van der Waals surface area contributed by atoms with Gasteiger partial charge in [-0.2, -0.15) is 0 Å². The number of hydrogen-bond donors (Lipinski definition) is 2. The maximum absolute atomic E-state index is 11.1. The van der Waals surface area contributed by atoms with E-state index in [1.165, 1.54) is 6.42 Å². The fourth-order valence-electron chi connectivity index (χ4n) is 3.61. The van der Waals surface area contributed by atoms with Crippen LogP contribution in [0.5, 0.6) is 0 Å². The molecule has 0 spiro atoms. The van der Waals surface area contributed by atoms with Crippen LogP contribution in [0.1, 0.15) is 30.9 Å². The Kier molecular flexibility index (Phi) is 4.71. The van der Waals surface area contributed by atoms with E-state index in [0.29, 0.717) is 5.02 Å². The molecule has 4 heteroatoms. The molecule has 0 aliphatic carbocycles. The summed E-state index contributed by atoms with van der Waals surface area (Å²) in [4.78, 5) is 4.78. The Balaban J connectivity index is 1.84. The molecule has 25 heavy (non-hydrogen) atoms. The highest BCUT2D eigenvalue weighted by Gasteiger charge is 2.25. The van der Waals surface area contributed by atoms with E-state index in [-0.39, 0.29) is 6.04 Å². The zero-order valence-electron chi connectivity index (χ0n) is 14.0. The molecule has 128 valence electrons. The van der Waals surface area contributed by atoms with Gasteiger partial charge in [-0.25, -0.2) is 4.98 Å². The van der Waals surface area contributed by atoms with Crippen LogP contribution in [0.15, 0.2) is 54.6 Å². The Labute approximate surface area is 152 Å². The fraction of sp³-hybridized carbons (Fsp3) is 0.286. The molecule has 1 aliphatic heterocycles. The summed E-state index contributed by atoms with van der Waals surface area (Å²) in [6.45, 7) is 0.964. The minimum absolute atomic E-state index is 0.0896. The summed E-state index contributed by atoms with van der Waals surface area (Å²) < 4.78 is 0. The van der Waals surface area contributed by atoms with Crippen molar-refractivity contribution in [1.29, 1.82) is 0 Å². The molecule has 0 unspecified atom stereocenters. The van der Waals surface area contributed by atoms with Gasteiger partial charge < -0.3 is 10.4 Å². The molecule has 2 N–H and O–H groups in total. The normalized spacial score (nSPS) is 19.0. The first-order chi connectivity index (χ1) is 12.2. The highest BCUT2D eigenvalue weighted by molar-refractivity contribution is 6.30. The molecule has 1 aliphatic rings. The Morgan fingerprint density at radius 3 is 2.76 bits per heavy atom. The number of para-hydroxylation sites is 1. The second-order valence-corrected chi connectivity index (χ2v) is 7.06. The van der Waals surface area contributed by atoms with Crippen molar-refractivity contribution in [2.75, 3.05) is 6.54 Å². The molecule has 1 aromatic heterocycles. The van der Waals surface area contributed by atoms with Gasteiger partial charge in [0.15, 0.2) is 0 Å². The minimum atomic E-state index is -0.550. The molecule has 2 aromatic carbocycles. The van der Waals surface area contributed by atoms with Gasteiger partial charge in [-0.05, 0) is 49.2 Å². The fourth-order valence-corrected chi connectivity index (χ4v) is 3.80. The van der Waals surface area contributed by atoms with Gasteiger partial charge >= 0.3 is 0 Å². The van der Waals surface area contributed by atoms with Crippen LogP contribution in [0.4, 0.5) is 0 Å². The van der Waals surface area contributed by atoms with E-state index in [4.69, 9.17) is 16.6 Å². The molecule has 2 atom stereocenters. The first-order valence-corrected chi connectivity index (χ1v) is 9.17. The lowest BCUT2D eigenvalue weighted by molar-refractivity contribution is 0.115. The van der Waals surface area contributed by atoms with Crippen molar-refractivity contribution in [2.45, 2.75) is 31.4 Å². The van der Waals surface area contributed by atoms with Crippen LogP contribution in [-0.4, -0.2) is 22.7 Å². The molecule has 3 nitrogen and oxygen atoms in total. The van der Waals surface area contributed by atoms with Crippen molar-refractivity contribution in [1.82, 2.24) is 10.3 Å². The van der Waals surface area contributed by atoms with E-state index in [1.807, 2.05) is 54.6 Å². The van der Waals surface area contributed by atoms with Crippen LogP contribution in [0.3, 0.4) is 0 Å². The van der Waals surface area contributed by atoms with Gasteiger partial charge in [-0.1, -0.05) is 48.4 Å². The first kappa shape index (κ1) is 16.5. The second-order valence-electron chi connectivity index (χ2n) is 6.63. The number of fused-ring (bicyclic) bond motifs is 1. The van der Waals surface area contributed by atoms with Gasteiger partial charge in [0.05, 0.1) is 17.3 Å². The van der Waals surface area contributed by atoms with E-state index in [1.54, 1.807) is 0 Å². The van der Waals surface area contributed by atoms with Crippen LogP contribution in [0.2, 0.25) is 5.02 Å². The smallest absolute Gasteiger partial charge is 0.0950 e. The number of benzene rings is 2. The Hall–Kier alpha value is -1.94. The van der Waals surface area contributed by atoms with E-state index < -0.39 is 6.10 Å². The number of nitrogens with one attached hydrogen (secondary N) is 1. The first-order valence-electron chi connectivity index (χ1n) is 8.79. The van der Waals surface area contributed by atoms with Crippen molar-refractivity contribution < 1.29 is 5.11 Å². The quantitative estimate of drug-likeness (QED) is 0.716. The Bertz CT molecular complexity index is 890. The Morgan fingerprint density at radius 1 is 1.08 bits per heavy atom. The molecular formula is C21H21ClN2O. The van der Waals surface area contributed by atoms with Crippen LogP contribution in [-0.2, 0) is 0 Å². The van der Waals surface area contributed by atoms with E-state index in [2.05, 4.69) is 5.32 Å². The third-order valence-electron chi connectivity index (χ3n) is 4.92. The summed E-state index contributed by atoms with van der Waals surface area (Å²) in [6, 6.07) is 17.8. The number of pyridine rings is 1. The molecule has 1 saturated heterocycles. The predicted molar refractivity (Wildman–Crippen MR) is 103 cm³/mol. The third kappa shape index (κ3) is 3.40. The van der Waals surface area contributed by atoms with Gasteiger partial charge in [0.1, 0.15) is 0 Å². The molecule has 0 saturated carbocycles. The zero-order valence-corrected chi connectivity index (χ0v) is 14.7. The van der Waals surface area contributed by atoms with Gasteiger partial charge in [-0.3, -0.25) is 0 Å². The maximum Gasteiger partial charge on any atom is 0.0950 e. The predicted octanol–water partition coefficient (Wildman–Crippen LogP) is 4.73. The number of nitrogens with zero attached hydrogens (tertiary/aromatic N) is 1. The summed E-state index contributed by atoms with van der Waals surface area (Å²) >= 11 is 6.15. The van der Waals surface area contributed by atoms with Gasteiger partial charge in [0, 0.05) is 22.0 Å². The summed E-state index contributed by atoms with van der Waals surface area (Å²) in [5.41, 5.74) is 3.62. The minimum Gasteiger partial charge on any atom is -0.387 e. The molecule has 0 bridgehead atoms. The van der Waals surface area contributed by atoms with E-state index >= 15 is 0 Å². The number of aliphatic hydroxyl groups excluding tert-OH is 1. The molecule has 0 amide bonds. The molecule has 0 radical (unpaired) electrons. The highest BCUT2D eigenvalue weighted by Crippen LogP contribution is 2.32. The lowest BCUT2D eigenvalue weighted by Gasteiger charge is -2.29. The van der Waals surface area contributed by atoms with Crippen molar-refractivity contribution in [2.24, 2.45) is 0 Å². The van der Waals surface area contributed by atoms with Crippen molar-refractivity contribution >= 4 is 22.5 Å². The van der Waals surface area contributed by atoms with Crippen LogP contribution < -0.4 is 5.32 Å². The van der Waals surface area contributed by atoms with Crippen molar-refractivity contribution in [3.8, 4) is 11.3 Å². The molecule has 3 aromatic rings. The summed E-state index contributed by atoms with van der Waals surface area (Å²) in [7, 11) is 0. The van der Waals surface area contributed by atoms with Gasteiger partial charge in [-0.15, -0.1) is 0 Å². The van der Waals surface area contributed by atoms with Crippen molar-refractivity contribution in [3.05, 3.63) is 65.2 Å². The number of halogens is 1. The molecule has 1 fully saturated rings. The van der Waals surface area contributed by atoms with Gasteiger partial charge in [0.25, 0.3) is 0 Å². The van der Waals surface area contributed by atoms with Crippen molar-refractivity contribution in [3.63, 3.8) is 0 Å². The average Bonchev–Trinajstić information content (AvgIpc) is 2.67. The molecular weight excluding hydrogens is 332 g/mol. The topological polar surface area (TPSA) is 45.2 Å². The summed E-state index contributed by atoms with van der Waals surface area (Å²) in [5.74, 6) is 0. The Morgan fingerprint density at radius 2 is 1.96 bits per heavy atom. The van der Waals surface area contributed by atoms with Crippen LogP contribution in [0.25, 0.3) is 22.2 Å². The number of piperidine rings is 1. The average molecular weight is 353 g/mol. The van der Waals surface area contributed by atoms with E-state index in [9.17, 15) is 5.11 Å². The largest absolute Gasteiger partial charge is 0.387 e. The second kappa shape index (κ2) is 7.12. The van der Waals surface area contributed by atoms with Crippen LogP contribution >= 0.6 is 11.6 Å². The lowest BCUT2D eigenvalue weighted by atomic mass is 9.92. The number of hydrogen-bond acceptors (Lipinski definition) is 3. The standard InChI is InChI=1S/C21H21ClN2O/c22-15-7-5-6-14(12-15)20-13-17(16-8-1-2-9-18(16)24-20)21(25)19-10-3-4-11-23-19/h1-2,5-9,12-13,19,21,23,25H,3-4,10-11H2/t19-,21-/m0/s1. The summed E-state index contributed by atoms with van der Waals surface area (Å²) in [6.07, 6.45) is 2.77.